The molecule has 1 aromatic carbocycles. The van der Waals surface area contributed by atoms with E-state index < -0.39 is 0 Å². The fourth-order valence-corrected chi connectivity index (χ4v) is 1.66. The van der Waals surface area contributed by atoms with Crippen LogP contribution >= 0.6 is 0 Å². The van der Waals surface area contributed by atoms with Crippen molar-refractivity contribution in [1.29, 1.82) is 0 Å². The summed E-state index contributed by atoms with van der Waals surface area (Å²) < 4.78 is 18.6. The first-order chi connectivity index (χ1) is 7.49. The molecule has 1 rings (SSSR count). The average molecular weight is 225 g/mol. The van der Waals surface area contributed by atoms with Crippen molar-refractivity contribution in [3.8, 4) is 0 Å². The number of halogens is 1. The van der Waals surface area contributed by atoms with Crippen LogP contribution < -0.4 is 5.73 Å². The SMILES string of the molecule is CC(C)CC(C)OCc1cc(F)ccc1N. The predicted molar refractivity (Wildman–Crippen MR) is 64.5 cm³/mol. The van der Waals surface area contributed by atoms with Crippen LogP contribution in [0.3, 0.4) is 0 Å². The summed E-state index contributed by atoms with van der Waals surface area (Å²) in [6, 6.07) is 4.36. The number of ether oxygens (including phenoxy) is 1. The van der Waals surface area contributed by atoms with Gasteiger partial charge in [0.05, 0.1) is 12.7 Å². The lowest BCUT2D eigenvalue weighted by molar-refractivity contribution is 0.0399. The van der Waals surface area contributed by atoms with Crippen molar-refractivity contribution < 1.29 is 9.13 Å². The Morgan fingerprint density at radius 2 is 2.00 bits per heavy atom. The van der Waals surface area contributed by atoms with E-state index >= 15 is 0 Å². The maximum absolute atomic E-state index is 13.0. The molecular formula is C13H20FNO. The lowest BCUT2D eigenvalue weighted by Gasteiger charge is -2.15. The van der Waals surface area contributed by atoms with Gasteiger partial charge in [-0.05, 0) is 37.5 Å². The van der Waals surface area contributed by atoms with Crippen LogP contribution in [0, 0.1) is 11.7 Å². The number of benzene rings is 1. The summed E-state index contributed by atoms with van der Waals surface area (Å²) >= 11 is 0. The molecule has 1 aromatic rings. The molecule has 2 N–H and O–H groups in total. The molecule has 0 aliphatic rings. The number of nitrogen functional groups attached to an aromatic ring is 1. The van der Waals surface area contributed by atoms with Crippen LogP contribution in [0.2, 0.25) is 0 Å². The monoisotopic (exact) mass is 225 g/mol. The molecular weight excluding hydrogens is 205 g/mol. The summed E-state index contributed by atoms with van der Waals surface area (Å²) in [5.74, 6) is 0.323. The van der Waals surface area contributed by atoms with Gasteiger partial charge in [0.2, 0.25) is 0 Å². The Bertz CT molecular complexity index is 339. The number of nitrogens with two attached hydrogens (primary N) is 1. The first-order valence-electron chi connectivity index (χ1n) is 5.64. The van der Waals surface area contributed by atoms with Gasteiger partial charge >= 0.3 is 0 Å². The molecule has 16 heavy (non-hydrogen) atoms. The molecule has 1 unspecified atom stereocenters. The molecule has 2 nitrogen and oxygen atoms in total. The summed E-state index contributed by atoms with van der Waals surface area (Å²) in [7, 11) is 0. The van der Waals surface area contributed by atoms with E-state index in [0.717, 1.165) is 12.0 Å². The predicted octanol–water partition coefficient (Wildman–Crippen LogP) is 3.36. The van der Waals surface area contributed by atoms with Crippen molar-refractivity contribution in [2.45, 2.75) is 39.9 Å². The zero-order valence-electron chi connectivity index (χ0n) is 10.2. The van der Waals surface area contributed by atoms with Gasteiger partial charge in [0.15, 0.2) is 0 Å². The molecule has 0 aromatic heterocycles. The molecule has 0 saturated heterocycles. The molecule has 90 valence electrons. The summed E-state index contributed by atoms with van der Waals surface area (Å²) in [5, 5.41) is 0. The first kappa shape index (κ1) is 13.0. The normalized spacial score (nSPS) is 13.1. The fraction of sp³-hybridized carbons (Fsp3) is 0.538. The van der Waals surface area contributed by atoms with E-state index in [2.05, 4.69) is 13.8 Å². The molecule has 0 aliphatic heterocycles. The van der Waals surface area contributed by atoms with Gasteiger partial charge in [-0.3, -0.25) is 0 Å². The Labute approximate surface area is 96.6 Å². The first-order valence-corrected chi connectivity index (χ1v) is 5.64. The molecule has 0 spiro atoms. The van der Waals surface area contributed by atoms with Crippen LogP contribution in [0.4, 0.5) is 10.1 Å². The Morgan fingerprint density at radius 1 is 1.31 bits per heavy atom. The third-order valence-electron chi connectivity index (χ3n) is 2.43. The minimum atomic E-state index is -0.274. The molecule has 0 bridgehead atoms. The van der Waals surface area contributed by atoms with E-state index in [4.69, 9.17) is 10.5 Å². The quantitative estimate of drug-likeness (QED) is 0.780. The summed E-state index contributed by atoms with van der Waals surface area (Å²) in [5.41, 5.74) is 7.03. The maximum atomic E-state index is 13.0. The number of anilines is 1. The summed E-state index contributed by atoms with van der Waals surface area (Å²) in [4.78, 5) is 0. The topological polar surface area (TPSA) is 35.2 Å². The highest BCUT2D eigenvalue weighted by Gasteiger charge is 2.07. The smallest absolute Gasteiger partial charge is 0.123 e. The molecule has 0 aliphatic carbocycles. The molecule has 0 saturated carbocycles. The van der Waals surface area contributed by atoms with E-state index in [1.165, 1.54) is 12.1 Å². The summed E-state index contributed by atoms with van der Waals surface area (Å²) in [6.45, 7) is 6.69. The van der Waals surface area contributed by atoms with Gasteiger partial charge in [0.1, 0.15) is 5.82 Å². The second kappa shape index (κ2) is 5.85. The fourth-order valence-electron chi connectivity index (χ4n) is 1.66. The van der Waals surface area contributed by atoms with Crippen LogP contribution in [-0.2, 0) is 11.3 Å². The van der Waals surface area contributed by atoms with Crippen molar-refractivity contribution in [1.82, 2.24) is 0 Å². The van der Waals surface area contributed by atoms with Gasteiger partial charge < -0.3 is 10.5 Å². The van der Waals surface area contributed by atoms with Gasteiger partial charge in [-0.15, -0.1) is 0 Å². The highest BCUT2D eigenvalue weighted by atomic mass is 19.1. The van der Waals surface area contributed by atoms with Crippen LogP contribution in [0.15, 0.2) is 18.2 Å². The standard InChI is InChI=1S/C13H20FNO/c1-9(2)6-10(3)16-8-11-7-12(14)4-5-13(11)15/h4-5,7,9-10H,6,8,15H2,1-3H3. The highest BCUT2D eigenvalue weighted by molar-refractivity contribution is 5.46. The van der Waals surface area contributed by atoms with Crippen molar-refractivity contribution in [2.24, 2.45) is 5.92 Å². The summed E-state index contributed by atoms with van der Waals surface area (Å²) in [6.07, 6.45) is 1.16. The molecule has 0 heterocycles. The highest BCUT2D eigenvalue weighted by Crippen LogP contribution is 2.16. The minimum Gasteiger partial charge on any atom is -0.398 e. The zero-order chi connectivity index (χ0) is 12.1. The Hall–Kier alpha value is -1.09. The number of hydrogen-bond acceptors (Lipinski definition) is 2. The van der Waals surface area contributed by atoms with Gasteiger partial charge in [0.25, 0.3) is 0 Å². The van der Waals surface area contributed by atoms with Crippen LogP contribution in [-0.4, -0.2) is 6.10 Å². The minimum absolute atomic E-state index is 0.169. The van der Waals surface area contributed by atoms with Gasteiger partial charge in [0, 0.05) is 11.3 Å². The van der Waals surface area contributed by atoms with E-state index in [1.54, 1.807) is 6.07 Å². The van der Waals surface area contributed by atoms with Crippen LogP contribution in [0.1, 0.15) is 32.8 Å². The molecule has 3 heteroatoms. The molecule has 1 atom stereocenters. The maximum Gasteiger partial charge on any atom is 0.123 e. The van der Waals surface area contributed by atoms with E-state index in [0.29, 0.717) is 18.2 Å². The second-order valence-electron chi connectivity index (χ2n) is 4.59. The lowest BCUT2D eigenvalue weighted by Crippen LogP contribution is -2.11. The lowest BCUT2D eigenvalue weighted by atomic mass is 10.1. The van der Waals surface area contributed by atoms with Gasteiger partial charge in [-0.25, -0.2) is 4.39 Å². The third kappa shape index (κ3) is 4.19. The molecule has 0 fully saturated rings. The largest absolute Gasteiger partial charge is 0.398 e. The van der Waals surface area contributed by atoms with E-state index in [1.807, 2.05) is 6.92 Å². The van der Waals surface area contributed by atoms with Crippen molar-refractivity contribution in [2.75, 3.05) is 5.73 Å². The second-order valence-corrected chi connectivity index (χ2v) is 4.59. The third-order valence-corrected chi connectivity index (χ3v) is 2.43. The number of hydrogen-bond donors (Lipinski definition) is 1. The Kier molecular flexibility index (Phi) is 4.74. The average Bonchev–Trinajstić information content (AvgIpc) is 2.18. The van der Waals surface area contributed by atoms with Crippen LogP contribution in [0.5, 0.6) is 0 Å². The molecule has 0 amide bonds. The van der Waals surface area contributed by atoms with Crippen LogP contribution in [0.25, 0.3) is 0 Å². The Balaban J connectivity index is 2.51. The zero-order valence-corrected chi connectivity index (χ0v) is 10.2. The Morgan fingerprint density at radius 3 is 2.62 bits per heavy atom. The molecule has 0 radical (unpaired) electrons. The van der Waals surface area contributed by atoms with Gasteiger partial charge in [-0.2, -0.15) is 0 Å². The van der Waals surface area contributed by atoms with Crippen molar-refractivity contribution in [3.05, 3.63) is 29.6 Å². The number of rotatable bonds is 5. The van der Waals surface area contributed by atoms with E-state index in [-0.39, 0.29) is 11.9 Å². The van der Waals surface area contributed by atoms with Gasteiger partial charge in [-0.1, -0.05) is 13.8 Å². The van der Waals surface area contributed by atoms with Crippen molar-refractivity contribution in [3.63, 3.8) is 0 Å². The van der Waals surface area contributed by atoms with E-state index in [9.17, 15) is 4.39 Å². The van der Waals surface area contributed by atoms with Crippen molar-refractivity contribution >= 4 is 5.69 Å².